The van der Waals surface area contributed by atoms with Crippen molar-refractivity contribution in [2.24, 2.45) is 0 Å². The Balaban J connectivity index is 1.93. The molecule has 3 amide bonds. The van der Waals surface area contributed by atoms with E-state index in [0.717, 1.165) is 18.5 Å². The summed E-state index contributed by atoms with van der Waals surface area (Å²) in [5.74, 6) is -0.394. The van der Waals surface area contributed by atoms with Gasteiger partial charge in [-0.15, -0.1) is 0 Å². The van der Waals surface area contributed by atoms with Gasteiger partial charge >= 0.3 is 0 Å². The van der Waals surface area contributed by atoms with Gasteiger partial charge in [-0.2, -0.15) is 0 Å². The summed E-state index contributed by atoms with van der Waals surface area (Å²) >= 11 is 0. The molecule has 33 heavy (non-hydrogen) atoms. The van der Waals surface area contributed by atoms with E-state index >= 15 is 0 Å². The van der Waals surface area contributed by atoms with E-state index in [1.165, 1.54) is 0 Å². The summed E-state index contributed by atoms with van der Waals surface area (Å²) in [5, 5.41) is 8.79. The second kappa shape index (κ2) is 12.0. The maximum atomic E-state index is 12.8. The molecule has 0 aliphatic carbocycles. The lowest BCUT2D eigenvalue weighted by Crippen LogP contribution is -2.40. The lowest BCUT2D eigenvalue weighted by atomic mass is 10.1. The van der Waals surface area contributed by atoms with Crippen LogP contribution in [0.3, 0.4) is 0 Å². The van der Waals surface area contributed by atoms with E-state index in [4.69, 9.17) is 0 Å². The Morgan fingerprint density at radius 2 is 1.48 bits per heavy atom. The van der Waals surface area contributed by atoms with Crippen LogP contribution in [0.2, 0.25) is 0 Å². The molecule has 2 aromatic rings. The number of hydrogen-bond donors (Lipinski definition) is 3. The highest BCUT2D eigenvalue weighted by molar-refractivity contribution is 5.98. The van der Waals surface area contributed by atoms with Crippen LogP contribution in [0.4, 0.5) is 11.4 Å². The Labute approximate surface area is 196 Å². The number of nitrogens with zero attached hydrogens (tertiary/aromatic N) is 1. The highest BCUT2D eigenvalue weighted by atomic mass is 16.2. The molecule has 0 unspecified atom stereocenters. The van der Waals surface area contributed by atoms with Crippen molar-refractivity contribution in [2.45, 2.75) is 53.0 Å². The van der Waals surface area contributed by atoms with Crippen LogP contribution in [0, 0.1) is 0 Å². The third kappa shape index (κ3) is 8.60. The number of nitrogens with one attached hydrogen (secondary N) is 3. The smallest absolute Gasteiger partial charge is 0.253 e. The van der Waals surface area contributed by atoms with Crippen molar-refractivity contribution in [1.82, 2.24) is 10.2 Å². The van der Waals surface area contributed by atoms with E-state index < -0.39 is 0 Å². The van der Waals surface area contributed by atoms with Crippen LogP contribution in [-0.4, -0.2) is 47.8 Å². The van der Waals surface area contributed by atoms with Gasteiger partial charge in [0.15, 0.2) is 0 Å². The fourth-order valence-electron chi connectivity index (χ4n) is 3.31. The van der Waals surface area contributed by atoms with Crippen LogP contribution in [0.15, 0.2) is 48.5 Å². The van der Waals surface area contributed by atoms with Gasteiger partial charge in [-0.1, -0.05) is 19.9 Å². The molecule has 0 bridgehead atoms. The second-order valence-electron chi connectivity index (χ2n) is 9.06. The Hall–Kier alpha value is -3.35. The SMILES string of the molecule is CCCN(CCC)C(=O)c1cccc(NC(=O)CNc2ccc(C(=O)NC(C)(C)C)cc2)c1. The minimum absolute atomic E-state index is 0.0245. The summed E-state index contributed by atoms with van der Waals surface area (Å²) in [6, 6.07) is 14.0. The zero-order valence-corrected chi connectivity index (χ0v) is 20.3. The fourth-order valence-corrected chi connectivity index (χ4v) is 3.31. The van der Waals surface area contributed by atoms with Crippen LogP contribution in [-0.2, 0) is 4.79 Å². The van der Waals surface area contributed by atoms with Crippen LogP contribution in [0.25, 0.3) is 0 Å². The van der Waals surface area contributed by atoms with Crippen LogP contribution < -0.4 is 16.0 Å². The predicted octanol–water partition coefficient (Wildman–Crippen LogP) is 4.53. The Bertz CT molecular complexity index is 943. The minimum Gasteiger partial charge on any atom is -0.376 e. The van der Waals surface area contributed by atoms with Gasteiger partial charge in [0.2, 0.25) is 5.91 Å². The Morgan fingerprint density at radius 3 is 2.06 bits per heavy atom. The lowest BCUT2D eigenvalue weighted by Gasteiger charge is -2.21. The largest absolute Gasteiger partial charge is 0.376 e. The molecule has 0 heterocycles. The van der Waals surface area contributed by atoms with Gasteiger partial charge in [-0.3, -0.25) is 14.4 Å². The van der Waals surface area contributed by atoms with Crippen molar-refractivity contribution in [3.8, 4) is 0 Å². The zero-order valence-electron chi connectivity index (χ0n) is 20.3. The molecule has 0 spiro atoms. The first-order valence-electron chi connectivity index (χ1n) is 11.5. The van der Waals surface area contributed by atoms with E-state index in [-0.39, 0.29) is 29.8 Å². The van der Waals surface area contributed by atoms with E-state index in [2.05, 4.69) is 16.0 Å². The Kier molecular flexibility index (Phi) is 9.45. The topological polar surface area (TPSA) is 90.5 Å². The van der Waals surface area contributed by atoms with Crippen molar-refractivity contribution in [2.75, 3.05) is 30.3 Å². The van der Waals surface area contributed by atoms with Crippen molar-refractivity contribution < 1.29 is 14.4 Å². The molecule has 178 valence electrons. The molecule has 2 aromatic carbocycles. The summed E-state index contributed by atoms with van der Waals surface area (Å²) in [7, 11) is 0. The van der Waals surface area contributed by atoms with Gasteiger partial charge in [-0.05, 0) is 76.1 Å². The first-order chi connectivity index (χ1) is 15.6. The standard InChI is InChI=1S/C26H36N4O3/c1-6-15-30(16-7-2)25(33)20-9-8-10-22(17-20)28-23(31)18-27-21-13-11-19(12-14-21)24(32)29-26(3,4)5/h8-14,17,27H,6-7,15-16,18H2,1-5H3,(H,28,31)(H,29,32). The van der Waals surface area contributed by atoms with Crippen LogP contribution in [0.1, 0.15) is 68.2 Å². The molecule has 3 N–H and O–H groups in total. The van der Waals surface area contributed by atoms with E-state index in [9.17, 15) is 14.4 Å². The van der Waals surface area contributed by atoms with Gasteiger partial charge in [0, 0.05) is 41.1 Å². The maximum Gasteiger partial charge on any atom is 0.253 e. The van der Waals surface area contributed by atoms with Gasteiger partial charge in [0.1, 0.15) is 0 Å². The molecule has 0 aliphatic rings. The van der Waals surface area contributed by atoms with Gasteiger partial charge in [0.05, 0.1) is 6.54 Å². The summed E-state index contributed by atoms with van der Waals surface area (Å²) in [6.45, 7) is 11.4. The lowest BCUT2D eigenvalue weighted by molar-refractivity contribution is -0.114. The fraction of sp³-hybridized carbons (Fsp3) is 0.423. The Morgan fingerprint density at radius 1 is 0.848 bits per heavy atom. The highest BCUT2D eigenvalue weighted by Gasteiger charge is 2.16. The van der Waals surface area contributed by atoms with Gasteiger partial charge in [0.25, 0.3) is 11.8 Å². The molecule has 0 saturated carbocycles. The van der Waals surface area contributed by atoms with Crippen molar-refractivity contribution in [1.29, 1.82) is 0 Å². The number of rotatable bonds is 10. The average Bonchev–Trinajstić information content (AvgIpc) is 2.76. The molecule has 0 radical (unpaired) electrons. The monoisotopic (exact) mass is 452 g/mol. The molecule has 0 aliphatic heterocycles. The summed E-state index contributed by atoms with van der Waals surface area (Å²) in [4.78, 5) is 39.3. The molecule has 0 fully saturated rings. The summed E-state index contributed by atoms with van der Waals surface area (Å²) < 4.78 is 0. The van der Waals surface area contributed by atoms with Gasteiger partial charge < -0.3 is 20.9 Å². The molecular formula is C26H36N4O3. The minimum atomic E-state index is -0.307. The van der Waals surface area contributed by atoms with Crippen molar-refractivity contribution >= 4 is 29.1 Å². The van der Waals surface area contributed by atoms with Crippen molar-refractivity contribution in [3.63, 3.8) is 0 Å². The molecular weight excluding hydrogens is 416 g/mol. The first kappa shape index (κ1) is 25.9. The molecule has 0 atom stereocenters. The summed E-state index contributed by atoms with van der Waals surface area (Å²) in [6.07, 6.45) is 1.80. The number of anilines is 2. The molecule has 2 rings (SSSR count). The predicted molar refractivity (Wildman–Crippen MR) is 134 cm³/mol. The number of carbonyl (C=O) groups excluding carboxylic acids is 3. The quantitative estimate of drug-likeness (QED) is 0.494. The molecule has 0 saturated heterocycles. The first-order valence-corrected chi connectivity index (χ1v) is 11.5. The van der Waals surface area contributed by atoms with E-state index in [1.54, 1.807) is 48.5 Å². The average molecular weight is 453 g/mol. The number of hydrogen-bond acceptors (Lipinski definition) is 4. The normalized spacial score (nSPS) is 10.9. The molecule has 7 nitrogen and oxygen atoms in total. The number of amides is 3. The number of benzene rings is 2. The van der Waals surface area contributed by atoms with Crippen LogP contribution in [0.5, 0.6) is 0 Å². The second-order valence-corrected chi connectivity index (χ2v) is 9.06. The highest BCUT2D eigenvalue weighted by Crippen LogP contribution is 2.15. The maximum absolute atomic E-state index is 12.8. The van der Waals surface area contributed by atoms with Gasteiger partial charge in [-0.25, -0.2) is 0 Å². The molecule has 7 heteroatoms. The third-order valence-electron chi connectivity index (χ3n) is 4.76. The van der Waals surface area contributed by atoms with Crippen LogP contribution >= 0.6 is 0 Å². The van der Waals surface area contributed by atoms with Crippen molar-refractivity contribution in [3.05, 3.63) is 59.7 Å². The zero-order chi connectivity index (χ0) is 24.4. The number of carbonyl (C=O) groups is 3. The molecule has 0 aromatic heterocycles. The van der Waals surface area contributed by atoms with E-state index in [0.29, 0.717) is 29.9 Å². The van der Waals surface area contributed by atoms with E-state index in [1.807, 2.05) is 39.5 Å². The summed E-state index contributed by atoms with van der Waals surface area (Å²) in [5.41, 5.74) is 2.12. The third-order valence-corrected chi connectivity index (χ3v) is 4.76.